The molecule has 736 valence electrons. The molecule has 0 amide bonds. The summed E-state index contributed by atoms with van der Waals surface area (Å²) in [7, 11) is 1.51. The number of nitrogens with zero attached hydrogens (tertiary/aromatic N) is 2. The number of nitrogens with two attached hydrogens (primary N) is 3. The van der Waals surface area contributed by atoms with Gasteiger partial charge in [-0.1, -0.05) is 138 Å². The van der Waals surface area contributed by atoms with E-state index in [2.05, 4.69) is 97.4 Å². The van der Waals surface area contributed by atoms with Gasteiger partial charge in [0.05, 0.1) is 80.7 Å². The Morgan fingerprint density at radius 2 is 0.799 bits per heavy atom. The molecule has 1 aliphatic heterocycles. The van der Waals surface area contributed by atoms with Crippen molar-refractivity contribution in [3.63, 3.8) is 0 Å². The number of hydrogen-bond acceptors (Lipinski definition) is 34. The second kappa shape index (κ2) is 66.9. The van der Waals surface area contributed by atoms with Gasteiger partial charge in [0, 0.05) is 79.8 Å². The van der Waals surface area contributed by atoms with Crippen molar-refractivity contribution in [1.29, 1.82) is 0 Å². The highest BCUT2D eigenvalue weighted by Gasteiger charge is 2.44. The van der Waals surface area contributed by atoms with Crippen LogP contribution >= 0.6 is 68.4 Å². The fraction of sp³-hybridized carbons (Fsp3) is 0.467. The van der Waals surface area contributed by atoms with Gasteiger partial charge in [-0.15, -0.1) is 23.2 Å². The standard InChI is InChI=1S/C20H27BN2O4.C17H27BCl2N2O4.C13H19BINO4.C13H21BN2O4.C13H20BNO5.C7H14BNO3.C7H8IN/c1-14-9-10-17(22)11-16(14)12-18(23-21(2)25)19(20(24)26-3)27-13-15-7-5-4-6-8-15;1-12-4-5-14(22(8-6-19)9-7-20)10-13(12)11-15(21-18(2)25)16(23)17(24)26-3;1-14(18)16-11(8-15)12(13(17)19-2)20-9-10-6-4-3-5-7-10;1-8-4-5-10(15)6-9(8)7-11(16-14(2)19)12(17)13(18)20-3;1-14(18)15-11(8-16)12(13(17)19-2)20-9-10-6-4-3-5-7-10;1-7(2)9(8(3)11)6(4-10)5-12-7;1-5-2-3-6(9)4-7(5)8/h4-11,18-19,23,25H,12-13,22H2,1-3H3;4-5,10,15-16,21,23,25H,6-9,11H2,1-3H3;3-7,11-12,16,18H,8-9H2,1-2H3;4-6,11-12,16-17,19H,7,15H2,1-3H3;3-7,11-12,15-16,18H,8-9H2,1-2H3;4,6,11H,5H2,1-3H3;2-4H,9H2,1H3/t18-,19?;15-,16?;3*11-,12?;6-;/m000001./s1. The van der Waals surface area contributed by atoms with Crippen LogP contribution in [0, 0.1) is 31.3 Å². The highest BCUT2D eigenvalue weighted by Crippen LogP contribution is 2.28. The number of anilines is 4. The molecule has 0 radical (unpaired) electrons. The van der Waals surface area contributed by atoms with E-state index in [9.17, 15) is 74.2 Å². The van der Waals surface area contributed by atoms with Crippen LogP contribution in [0.5, 0.6) is 0 Å². The zero-order chi connectivity index (χ0) is 101. The summed E-state index contributed by atoms with van der Waals surface area (Å²) in [6.45, 7) is 23.1. The summed E-state index contributed by atoms with van der Waals surface area (Å²) in [6.07, 6.45) is -3.45. The minimum atomic E-state index is -1.39. The van der Waals surface area contributed by atoms with Crippen molar-refractivity contribution in [3.05, 3.63) is 223 Å². The summed E-state index contributed by atoms with van der Waals surface area (Å²) >= 11 is 16.2. The average molecular weight is 2130 g/mol. The molecule has 8 rings (SSSR count). The number of carbonyl (C=O) groups excluding carboxylic acids is 6. The van der Waals surface area contributed by atoms with Crippen LogP contribution in [0.25, 0.3) is 0 Å². The Balaban J connectivity index is 0.000000540. The van der Waals surface area contributed by atoms with Crippen LogP contribution in [0.3, 0.4) is 0 Å². The number of aldehydes is 1. The Morgan fingerprint density at radius 3 is 1.11 bits per heavy atom. The number of esters is 5. The van der Waals surface area contributed by atoms with Crippen LogP contribution < -0.4 is 48.2 Å². The molecule has 0 spiro atoms. The molecule has 0 aliphatic carbocycles. The highest BCUT2D eigenvalue weighted by atomic mass is 127. The van der Waals surface area contributed by atoms with Crippen LogP contribution in [-0.4, -0.2) is 279 Å². The lowest BCUT2D eigenvalue weighted by atomic mass is 9.81. The molecule has 11 atom stereocenters. The van der Waals surface area contributed by atoms with E-state index in [4.69, 9.17) is 68.8 Å². The molecule has 1 aliphatic rings. The fourth-order valence-electron chi connectivity index (χ4n) is 13.5. The van der Waals surface area contributed by atoms with Gasteiger partial charge < -0.3 is 141 Å². The molecular formula is C90H136B6Cl2I2N10O24. The third kappa shape index (κ3) is 46.7. The minimum Gasteiger partial charge on any atom is -0.467 e. The van der Waals surface area contributed by atoms with Crippen molar-refractivity contribution in [3.8, 4) is 0 Å². The van der Waals surface area contributed by atoms with E-state index in [-0.39, 0.29) is 31.9 Å². The SMILES string of the molecule is CB(O)N1[C@H](C=O)COC1(C)C.COC(=O)C(O)[C@H](Cc1cc(N(CCCl)CCCl)ccc1C)NB(C)O.COC(=O)C(O)[C@H](Cc1cc(N)ccc1C)NB(C)O.COC(=O)C(OCc1ccccc1)[C@H](CI)NB(C)O.COC(=O)C(OCc1ccccc1)[C@H](CO)NB(C)O.COC(=O)C(OCc1ccccc1)[C@H](Cc1cc(N)ccc1C)NB(C)O.Cc1ccc(N)cc1I. The number of alkyl halides is 3. The summed E-state index contributed by atoms with van der Waals surface area (Å²) in [5.41, 5.74) is 29.7. The van der Waals surface area contributed by atoms with E-state index >= 15 is 0 Å². The van der Waals surface area contributed by atoms with E-state index in [0.29, 0.717) is 73.1 Å². The van der Waals surface area contributed by atoms with Gasteiger partial charge in [-0.25, -0.2) is 24.0 Å². The molecule has 34 nitrogen and oxygen atoms in total. The monoisotopic (exact) mass is 2130 g/mol. The van der Waals surface area contributed by atoms with Crippen molar-refractivity contribution < 1.29 is 117 Å². The van der Waals surface area contributed by atoms with Crippen LogP contribution in [0.15, 0.2) is 164 Å². The van der Waals surface area contributed by atoms with E-state index in [1.807, 2.05) is 186 Å². The van der Waals surface area contributed by atoms with E-state index in [1.165, 1.54) is 65.2 Å². The molecule has 1 fully saturated rings. The van der Waals surface area contributed by atoms with Crippen molar-refractivity contribution in [2.24, 2.45) is 0 Å². The molecule has 0 aromatic heterocycles. The number of rotatable bonds is 44. The first-order valence-corrected chi connectivity index (χ1v) is 46.9. The Labute approximate surface area is 828 Å². The lowest BCUT2D eigenvalue weighted by Crippen LogP contribution is -2.53. The summed E-state index contributed by atoms with van der Waals surface area (Å²) in [5, 5.41) is 101. The molecule has 1 heterocycles. The Morgan fingerprint density at radius 1 is 0.485 bits per heavy atom. The first kappa shape index (κ1) is 122. The van der Waals surface area contributed by atoms with Gasteiger partial charge in [-0.3, -0.25) is 4.81 Å². The normalized spacial score (nSPS) is 14.5. The number of halogens is 4. The Hall–Kier alpha value is -7.57. The van der Waals surface area contributed by atoms with E-state index in [0.717, 1.165) is 67.7 Å². The van der Waals surface area contributed by atoms with Gasteiger partial charge in [0.25, 0.3) is 0 Å². The van der Waals surface area contributed by atoms with Gasteiger partial charge in [0.2, 0.25) is 0 Å². The molecule has 7 aromatic rings. The van der Waals surface area contributed by atoms with Crippen LogP contribution in [0.1, 0.15) is 69.5 Å². The smallest absolute Gasteiger partial charge is 0.379 e. The minimum absolute atomic E-state index is 0.207. The number of hydrogen-bond donors (Lipinski definition) is 17. The lowest BCUT2D eigenvalue weighted by Gasteiger charge is -2.32. The quantitative estimate of drug-likeness (QED) is 0.00392. The molecule has 1 saturated heterocycles. The fourth-order valence-corrected chi connectivity index (χ4v) is 15.1. The summed E-state index contributed by atoms with van der Waals surface area (Å²) in [5.74, 6) is -2.08. The molecule has 44 heteroatoms. The van der Waals surface area contributed by atoms with Crippen molar-refractivity contribution in [2.45, 2.75) is 194 Å². The number of aliphatic hydroxyl groups is 3. The zero-order valence-corrected chi connectivity index (χ0v) is 85.3. The number of ether oxygens (including phenoxy) is 9. The molecule has 7 aromatic carbocycles. The van der Waals surface area contributed by atoms with Crippen LogP contribution in [0.2, 0.25) is 40.9 Å². The molecule has 20 N–H and O–H groups in total. The number of methoxy groups -OCH3 is 5. The maximum atomic E-state index is 12.4. The topological polar surface area (TPSA) is 512 Å². The number of aliphatic hydroxyl groups excluding tert-OH is 3. The number of nitrogens with one attached hydrogen (secondary N) is 5. The first-order chi connectivity index (χ1) is 63.4. The van der Waals surface area contributed by atoms with Crippen LogP contribution in [0.4, 0.5) is 22.7 Å². The molecule has 0 saturated carbocycles. The van der Waals surface area contributed by atoms with E-state index in [1.54, 1.807) is 37.4 Å². The molecular weight excluding hydrogens is 1990 g/mol. The first-order valence-electron chi connectivity index (χ1n) is 43.3. The van der Waals surface area contributed by atoms with Crippen molar-refractivity contribution >= 4 is 170 Å². The van der Waals surface area contributed by atoms with Gasteiger partial charge in [-0.05, 0) is 228 Å². The van der Waals surface area contributed by atoms with Crippen molar-refractivity contribution in [2.75, 3.05) is 100 Å². The van der Waals surface area contributed by atoms with Crippen molar-refractivity contribution in [1.82, 2.24) is 30.9 Å². The third-order valence-corrected chi connectivity index (χ3v) is 22.8. The number of aryl methyl sites for hydroxylation is 4. The summed E-state index contributed by atoms with van der Waals surface area (Å²) < 4.78 is 47.8. The molecule has 5 unspecified atom stereocenters. The summed E-state index contributed by atoms with van der Waals surface area (Å²) in [6, 6.07) is 48.3. The van der Waals surface area contributed by atoms with Gasteiger partial charge in [-0.2, -0.15) is 0 Å². The highest BCUT2D eigenvalue weighted by molar-refractivity contribution is 14.1. The zero-order valence-electron chi connectivity index (χ0n) is 79.5. The largest absolute Gasteiger partial charge is 0.467 e. The van der Waals surface area contributed by atoms with Gasteiger partial charge in [0.15, 0.2) is 30.5 Å². The number of nitrogen functional groups attached to an aromatic ring is 3. The Kier molecular flexibility index (Phi) is 61.1. The Bertz CT molecular complexity index is 4440. The second-order valence-electron chi connectivity index (χ2n) is 31.7. The summed E-state index contributed by atoms with van der Waals surface area (Å²) in [4.78, 5) is 73.5. The van der Waals surface area contributed by atoms with Crippen LogP contribution in [-0.2, 0) is 110 Å². The lowest BCUT2D eigenvalue weighted by molar-refractivity contribution is -0.158. The van der Waals surface area contributed by atoms with Gasteiger partial charge >= 0.3 is 72.1 Å². The third-order valence-electron chi connectivity index (χ3n) is 20.3. The van der Waals surface area contributed by atoms with Gasteiger partial charge in [0.1, 0.15) is 12.0 Å². The molecule has 0 bridgehead atoms. The number of benzene rings is 7. The average Bonchev–Trinajstić information content (AvgIpc) is 1.63. The predicted molar refractivity (Wildman–Crippen MR) is 548 cm³/mol. The second-order valence-corrected chi connectivity index (χ2v) is 34.5. The molecule has 134 heavy (non-hydrogen) atoms. The maximum Gasteiger partial charge on any atom is 0.379 e. The number of carbonyl (C=O) groups is 6. The predicted octanol–water partition coefficient (Wildman–Crippen LogP) is 6.06. The van der Waals surface area contributed by atoms with E-state index < -0.39 is 133 Å². The maximum absolute atomic E-state index is 12.4.